The molecular weight excluding hydrogens is 579 g/mol. The number of fused-ring (bicyclic) bond motifs is 4. The van der Waals surface area contributed by atoms with Crippen LogP contribution in [0.15, 0.2) is 200 Å². The van der Waals surface area contributed by atoms with Gasteiger partial charge in [0.05, 0.1) is 5.41 Å². The minimum absolute atomic E-state index is 0.459. The SMILES string of the molecule is c1ccc(N(c2cccc(-c3ccc4ccccc4c3)c2)c2ccc3c(c2)C(c2ccccc2)(c2ccccc2)c2ccccc2-3)cc1. The molecule has 0 unspecified atom stereocenters. The third kappa shape index (κ3) is 4.47. The van der Waals surface area contributed by atoms with Crippen LogP contribution in [0.5, 0.6) is 0 Å². The highest BCUT2D eigenvalue weighted by Gasteiger charge is 2.46. The second kappa shape index (κ2) is 11.6. The normalized spacial score (nSPS) is 12.8. The van der Waals surface area contributed by atoms with Crippen LogP contribution in [0.1, 0.15) is 22.3 Å². The lowest BCUT2D eigenvalue weighted by Crippen LogP contribution is -2.28. The van der Waals surface area contributed by atoms with Crippen molar-refractivity contribution in [3.8, 4) is 22.3 Å². The number of hydrogen-bond acceptors (Lipinski definition) is 1. The average Bonchev–Trinajstić information content (AvgIpc) is 3.46. The Hall–Kier alpha value is -6.18. The molecular formula is C47H33N. The molecule has 8 aromatic rings. The van der Waals surface area contributed by atoms with E-state index in [0.29, 0.717) is 0 Å². The molecule has 0 atom stereocenters. The van der Waals surface area contributed by atoms with Gasteiger partial charge in [0.1, 0.15) is 0 Å². The molecule has 48 heavy (non-hydrogen) atoms. The molecule has 0 heterocycles. The number of hydrogen-bond donors (Lipinski definition) is 0. The van der Waals surface area contributed by atoms with Crippen LogP contribution >= 0.6 is 0 Å². The van der Waals surface area contributed by atoms with Gasteiger partial charge in [-0.25, -0.2) is 0 Å². The number of nitrogens with zero attached hydrogens (tertiary/aromatic N) is 1. The Morgan fingerprint density at radius 3 is 1.62 bits per heavy atom. The Labute approximate surface area is 282 Å². The standard InChI is InChI=1S/C47H33N/c1-4-18-38(19-5-1)47(39-20-6-2-7-21-39)45-26-13-12-25-43(45)44-30-29-42(33-46(44)47)48(40-22-8-3-9-23-40)41-24-14-17-36(32-41)37-28-27-34-15-10-11-16-35(34)31-37/h1-33H. The Kier molecular flexibility index (Phi) is 6.76. The van der Waals surface area contributed by atoms with Gasteiger partial charge in [-0.2, -0.15) is 0 Å². The summed E-state index contributed by atoms with van der Waals surface area (Å²) in [7, 11) is 0. The first-order valence-corrected chi connectivity index (χ1v) is 16.6. The molecule has 1 aliphatic carbocycles. The molecule has 0 aromatic heterocycles. The zero-order valence-corrected chi connectivity index (χ0v) is 26.5. The fraction of sp³-hybridized carbons (Fsp3) is 0.0213. The van der Waals surface area contributed by atoms with Crippen LogP contribution in [0.2, 0.25) is 0 Å². The molecule has 0 aliphatic heterocycles. The number of anilines is 3. The van der Waals surface area contributed by atoms with Crippen LogP contribution in [0.4, 0.5) is 17.1 Å². The van der Waals surface area contributed by atoms with E-state index in [2.05, 4.69) is 205 Å². The second-order valence-electron chi connectivity index (χ2n) is 12.5. The monoisotopic (exact) mass is 611 g/mol. The summed E-state index contributed by atoms with van der Waals surface area (Å²) in [6, 6.07) is 73.0. The van der Waals surface area contributed by atoms with Crippen molar-refractivity contribution < 1.29 is 0 Å². The number of benzene rings is 8. The van der Waals surface area contributed by atoms with Crippen molar-refractivity contribution in [2.75, 3.05) is 4.90 Å². The third-order valence-corrected chi connectivity index (χ3v) is 9.90. The maximum atomic E-state index is 2.44. The topological polar surface area (TPSA) is 3.24 Å². The number of para-hydroxylation sites is 1. The van der Waals surface area contributed by atoms with Gasteiger partial charge in [-0.1, -0.05) is 158 Å². The van der Waals surface area contributed by atoms with Gasteiger partial charge >= 0.3 is 0 Å². The summed E-state index contributed by atoms with van der Waals surface area (Å²) in [4.78, 5) is 2.40. The summed E-state index contributed by atoms with van der Waals surface area (Å²) in [6.45, 7) is 0. The van der Waals surface area contributed by atoms with Crippen molar-refractivity contribution in [2.24, 2.45) is 0 Å². The molecule has 1 aliphatic rings. The molecule has 0 N–H and O–H groups in total. The van der Waals surface area contributed by atoms with E-state index in [9.17, 15) is 0 Å². The summed E-state index contributed by atoms with van der Waals surface area (Å²) >= 11 is 0. The quantitative estimate of drug-likeness (QED) is 0.181. The summed E-state index contributed by atoms with van der Waals surface area (Å²) in [6.07, 6.45) is 0. The summed E-state index contributed by atoms with van der Waals surface area (Å²) in [5, 5.41) is 2.50. The Bertz CT molecular complexity index is 2350. The molecule has 0 saturated heterocycles. The average molecular weight is 612 g/mol. The molecule has 9 rings (SSSR count). The lowest BCUT2D eigenvalue weighted by molar-refractivity contribution is 0.768. The van der Waals surface area contributed by atoms with Crippen molar-refractivity contribution in [1.29, 1.82) is 0 Å². The largest absolute Gasteiger partial charge is 0.310 e. The van der Waals surface area contributed by atoms with Crippen molar-refractivity contribution in [3.05, 3.63) is 222 Å². The Morgan fingerprint density at radius 2 is 0.875 bits per heavy atom. The fourth-order valence-corrected chi connectivity index (χ4v) is 7.79. The smallest absolute Gasteiger partial charge is 0.0714 e. The van der Waals surface area contributed by atoms with E-state index in [1.165, 1.54) is 55.3 Å². The Morgan fingerprint density at radius 1 is 0.312 bits per heavy atom. The number of rotatable bonds is 6. The molecule has 0 radical (unpaired) electrons. The predicted octanol–water partition coefficient (Wildman–Crippen LogP) is 12.3. The van der Waals surface area contributed by atoms with E-state index in [0.717, 1.165) is 17.1 Å². The fourth-order valence-electron chi connectivity index (χ4n) is 7.79. The third-order valence-electron chi connectivity index (χ3n) is 9.90. The van der Waals surface area contributed by atoms with Gasteiger partial charge in [0, 0.05) is 17.1 Å². The molecule has 226 valence electrons. The van der Waals surface area contributed by atoms with E-state index in [-0.39, 0.29) is 0 Å². The molecule has 0 bridgehead atoms. The zero-order valence-electron chi connectivity index (χ0n) is 26.5. The molecule has 0 amide bonds. The predicted molar refractivity (Wildman–Crippen MR) is 201 cm³/mol. The van der Waals surface area contributed by atoms with E-state index in [1.807, 2.05) is 0 Å². The lowest BCUT2D eigenvalue weighted by atomic mass is 9.67. The lowest BCUT2D eigenvalue weighted by Gasteiger charge is -2.35. The van der Waals surface area contributed by atoms with E-state index in [4.69, 9.17) is 0 Å². The van der Waals surface area contributed by atoms with Gasteiger partial charge in [-0.3, -0.25) is 0 Å². The van der Waals surface area contributed by atoms with E-state index >= 15 is 0 Å². The van der Waals surface area contributed by atoms with Crippen LogP contribution in [0.3, 0.4) is 0 Å². The van der Waals surface area contributed by atoms with Gasteiger partial charge in [-0.15, -0.1) is 0 Å². The highest BCUT2D eigenvalue weighted by atomic mass is 15.1. The van der Waals surface area contributed by atoms with Gasteiger partial charge in [0.15, 0.2) is 0 Å². The van der Waals surface area contributed by atoms with Crippen molar-refractivity contribution in [2.45, 2.75) is 5.41 Å². The second-order valence-corrected chi connectivity index (χ2v) is 12.5. The first-order chi connectivity index (χ1) is 23.8. The van der Waals surface area contributed by atoms with Gasteiger partial charge in [-0.05, 0) is 97.7 Å². The first-order valence-electron chi connectivity index (χ1n) is 16.6. The van der Waals surface area contributed by atoms with Crippen LogP contribution in [0, 0.1) is 0 Å². The van der Waals surface area contributed by atoms with Crippen LogP contribution < -0.4 is 4.90 Å². The van der Waals surface area contributed by atoms with E-state index in [1.54, 1.807) is 0 Å². The van der Waals surface area contributed by atoms with Crippen molar-refractivity contribution in [3.63, 3.8) is 0 Å². The van der Waals surface area contributed by atoms with Crippen LogP contribution in [-0.4, -0.2) is 0 Å². The summed E-state index contributed by atoms with van der Waals surface area (Å²) < 4.78 is 0. The van der Waals surface area contributed by atoms with Gasteiger partial charge < -0.3 is 4.90 Å². The molecule has 1 heteroatoms. The maximum Gasteiger partial charge on any atom is 0.0714 e. The minimum Gasteiger partial charge on any atom is -0.310 e. The first kappa shape index (κ1) is 28.1. The summed E-state index contributed by atoms with van der Waals surface area (Å²) in [5.41, 5.74) is 13.0. The highest BCUT2D eigenvalue weighted by molar-refractivity contribution is 5.91. The van der Waals surface area contributed by atoms with E-state index < -0.39 is 5.41 Å². The van der Waals surface area contributed by atoms with Gasteiger partial charge in [0.2, 0.25) is 0 Å². The molecule has 8 aromatic carbocycles. The van der Waals surface area contributed by atoms with Gasteiger partial charge in [0.25, 0.3) is 0 Å². The Balaban J connectivity index is 1.27. The highest BCUT2D eigenvalue weighted by Crippen LogP contribution is 2.57. The molecule has 0 saturated carbocycles. The molecule has 0 spiro atoms. The van der Waals surface area contributed by atoms with Crippen molar-refractivity contribution >= 4 is 27.8 Å². The molecule has 0 fully saturated rings. The maximum absolute atomic E-state index is 2.44. The van der Waals surface area contributed by atoms with Crippen molar-refractivity contribution in [1.82, 2.24) is 0 Å². The summed E-state index contributed by atoms with van der Waals surface area (Å²) in [5.74, 6) is 0. The molecule has 1 nitrogen and oxygen atoms in total. The van der Waals surface area contributed by atoms with Crippen LogP contribution in [-0.2, 0) is 5.41 Å². The zero-order chi connectivity index (χ0) is 31.9. The minimum atomic E-state index is -0.459. The van der Waals surface area contributed by atoms with Crippen LogP contribution in [0.25, 0.3) is 33.0 Å².